The molecule has 1 aromatic heterocycles. The molecule has 0 radical (unpaired) electrons. The van der Waals surface area contributed by atoms with Crippen molar-refractivity contribution in [1.29, 1.82) is 0 Å². The van der Waals surface area contributed by atoms with Crippen LogP contribution in [-0.2, 0) is 14.3 Å². The van der Waals surface area contributed by atoms with Crippen LogP contribution in [0.4, 0.5) is 5.82 Å². The van der Waals surface area contributed by atoms with Crippen molar-refractivity contribution < 1.29 is 19.1 Å². The third kappa shape index (κ3) is 5.99. The summed E-state index contributed by atoms with van der Waals surface area (Å²) < 4.78 is 10.9. The number of pyridine rings is 1. The van der Waals surface area contributed by atoms with Crippen molar-refractivity contribution >= 4 is 56.8 Å². The van der Waals surface area contributed by atoms with Crippen molar-refractivity contribution in [3.05, 3.63) is 51.0 Å². The van der Waals surface area contributed by atoms with Gasteiger partial charge in [0.1, 0.15) is 5.75 Å². The van der Waals surface area contributed by atoms with Crippen LogP contribution in [0.2, 0.25) is 10.0 Å². The fourth-order valence-corrected chi connectivity index (χ4v) is 2.23. The van der Waals surface area contributed by atoms with Gasteiger partial charge < -0.3 is 14.8 Å². The number of ether oxygens (including phenoxy) is 2. The second-order valence-electron chi connectivity index (χ2n) is 4.44. The number of aromatic nitrogens is 1. The minimum Gasteiger partial charge on any atom is -0.482 e. The first kappa shape index (κ1) is 18.5. The number of anilines is 1. The second-order valence-corrected chi connectivity index (χ2v) is 6.19. The summed E-state index contributed by atoms with van der Waals surface area (Å²) >= 11 is 14.9. The summed E-state index contributed by atoms with van der Waals surface area (Å²) in [5, 5.41) is 2.93. The number of halogens is 3. The van der Waals surface area contributed by atoms with Gasteiger partial charge in [-0.25, -0.2) is 9.78 Å². The number of rotatable bonds is 6. The predicted molar refractivity (Wildman–Crippen MR) is 93.5 cm³/mol. The van der Waals surface area contributed by atoms with Crippen molar-refractivity contribution in [2.75, 3.05) is 18.5 Å². The van der Waals surface area contributed by atoms with Gasteiger partial charge in [-0.3, -0.25) is 4.79 Å². The number of hydrogen-bond acceptors (Lipinski definition) is 5. The molecule has 0 saturated heterocycles. The summed E-state index contributed by atoms with van der Waals surface area (Å²) in [5.74, 6) is -0.614. The van der Waals surface area contributed by atoms with Gasteiger partial charge in [-0.05, 0) is 30.3 Å². The first-order chi connectivity index (χ1) is 11.4. The first-order valence-corrected chi connectivity index (χ1v) is 8.14. The maximum atomic E-state index is 11.7. The Bertz CT molecular complexity index is 741. The van der Waals surface area contributed by atoms with Gasteiger partial charge >= 0.3 is 5.97 Å². The van der Waals surface area contributed by atoms with E-state index in [2.05, 4.69) is 26.2 Å². The number of hydrogen-bond donors (Lipinski definition) is 1. The molecule has 0 bridgehead atoms. The van der Waals surface area contributed by atoms with E-state index in [9.17, 15) is 9.59 Å². The zero-order valence-corrected chi connectivity index (χ0v) is 15.2. The largest absolute Gasteiger partial charge is 0.482 e. The van der Waals surface area contributed by atoms with Crippen molar-refractivity contribution in [3.8, 4) is 5.75 Å². The Labute approximate surface area is 156 Å². The molecule has 1 aromatic carbocycles. The third-order valence-electron chi connectivity index (χ3n) is 2.60. The van der Waals surface area contributed by atoms with Crippen LogP contribution in [0.1, 0.15) is 0 Å². The van der Waals surface area contributed by atoms with Gasteiger partial charge in [-0.15, -0.1) is 0 Å². The zero-order valence-electron chi connectivity index (χ0n) is 12.1. The van der Waals surface area contributed by atoms with E-state index < -0.39 is 18.5 Å². The lowest BCUT2D eigenvalue weighted by atomic mass is 10.3. The summed E-state index contributed by atoms with van der Waals surface area (Å²) in [6, 6.07) is 8.37. The Morgan fingerprint density at radius 3 is 2.54 bits per heavy atom. The zero-order chi connectivity index (χ0) is 17.5. The molecule has 1 N–H and O–H groups in total. The lowest BCUT2D eigenvalue weighted by molar-refractivity contribution is -0.149. The lowest BCUT2D eigenvalue weighted by Crippen LogP contribution is -2.24. The molecule has 0 aliphatic carbocycles. The van der Waals surface area contributed by atoms with Gasteiger partial charge in [0.25, 0.3) is 5.91 Å². The maximum absolute atomic E-state index is 11.7. The van der Waals surface area contributed by atoms with E-state index in [4.69, 9.17) is 32.7 Å². The molecule has 2 rings (SSSR count). The lowest BCUT2D eigenvalue weighted by Gasteiger charge is -2.08. The predicted octanol–water partition coefficient (Wildman–Crippen LogP) is 3.71. The highest BCUT2D eigenvalue weighted by atomic mass is 79.9. The van der Waals surface area contributed by atoms with Gasteiger partial charge in [0.05, 0.1) is 10.0 Å². The molecule has 0 spiro atoms. The SMILES string of the molecule is O=C(COC(=O)COc1ccc(Br)cc1)Nc1ncc(Cl)cc1Cl. The van der Waals surface area contributed by atoms with Crippen LogP contribution in [0.15, 0.2) is 41.0 Å². The first-order valence-electron chi connectivity index (χ1n) is 6.59. The molecule has 2 aromatic rings. The van der Waals surface area contributed by atoms with Crippen LogP contribution in [0.5, 0.6) is 5.75 Å². The average molecular weight is 434 g/mol. The van der Waals surface area contributed by atoms with Crippen molar-refractivity contribution in [2.24, 2.45) is 0 Å². The third-order valence-corrected chi connectivity index (χ3v) is 3.62. The molecule has 0 aliphatic heterocycles. The Balaban J connectivity index is 1.74. The average Bonchev–Trinajstić information content (AvgIpc) is 2.55. The quantitative estimate of drug-likeness (QED) is 0.702. The molecular weight excluding hydrogens is 423 g/mol. The number of amides is 1. The Morgan fingerprint density at radius 1 is 1.17 bits per heavy atom. The summed E-state index contributed by atoms with van der Waals surface area (Å²) in [6.45, 7) is -0.794. The van der Waals surface area contributed by atoms with Gasteiger partial charge in [0, 0.05) is 10.7 Å². The number of carbonyl (C=O) groups is 2. The van der Waals surface area contributed by atoms with Gasteiger partial charge in [0.15, 0.2) is 19.0 Å². The Morgan fingerprint density at radius 2 is 1.88 bits per heavy atom. The van der Waals surface area contributed by atoms with Gasteiger partial charge in [-0.2, -0.15) is 0 Å². The standard InChI is InChI=1S/C15H11BrCl2N2O4/c16-9-1-3-11(4-2-9)23-8-14(22)24-7-13(21)20-15-12(18)5-10(17)6-19-15/h1-6H,7-8H2,(H,19,20,21). The molecule has 0 unspecified atom stereocenters. The molecular formula is C15H11BrCl2N2O4. The number of benzene rings is 1. The molecule has 1 amide bonds. The molecule has 0 atom stereocenters. The van der Waals surface area contributed by atoms with Crippen molar-refractivity contribution in [1.82, 2.24) is 4.98 Å². The van der Waals surface area contributed by atoms with Crippen LogP contribution in [0.25, 0.3) is 0 Å². The fourth-order valence-electron chi connectivity index (χ4n) is 1.54. The highest BCUT2D eigenvalue weighted by molar-refractivity contribution is 9.10. The minimum absolute atomic E-state index is 0.133. The van der Waals surface area contributed by atoms with E-state index >= 15 is 0 Å². The summed E-state index contributed by atoms with van der Waals surface area (Å²) in [4.78, 5) is 27.1. The summed E-state index contributed by atoms with van der Waals surface area (Å²) in [6.07, 6.45) is 1.33. The normalized spacial score (nSPS) is 10.1. The van der Waals surface area contributed by atoms with Crippen LogP contribution in [0.3, 0.4) is 0 Å². The van der Waals surface area contributed by atoms with E-state index in [0.717, 1.165) is 4.47 Å². The van der Waals surface area contributed by atoms with E-state index in [1.165, 1.54) is 12.3 Å². The van der Waals surface area contributed by atoms with Gasteiger partial charge in [0.2, 0.25) is 0 Å². The summed E-state index contributed by atoms with van der Waals surface area (Å²) in [7, 11) is 0. The van der Waals surface area contributed by atoms with Crippen LogP contribution in [0, 0.1) is 0 Å². The molecule has 24 heavy (non-hydrogen) atoms. The number of nitrogens with zero attached hydrogens (tertiary/aromatic N) is 1. The van der Waals surface area contributed by atoms with Gasteiger partial charge in [-0.1, -0.05) is 39.1 Å². The van der Waals surface area contributed by atoms with E-state index in [1.807, 2.05) is 0 Å². The van der Waals surface area contributed by atoms with E-state index in [-0.39, 0.29) is 17.4 Å². The molecule has 0 fully saturated rings. The Kier molecular flexibility index (Phi) is 6.84. The minimum atomic E-state index is -0.678. The van der Waals surface area contributed by atoms with Crippen LogP contribution >= 0.6 is 39.1 Å². The molecule has 126 valence electrons. The molecule has 9 heteroatoms. The number of esters is 1. The molecule has 6 nitrogen and oxygen atoms in total. The Hall–Kier alpha value is -1.83. The molecule has 0 saturated carbocycles. The maximum Gasteiger partial charge on any atom is 0.344 e. The molecule has 1 heterocycles. The smallest absolute Gasteiger partial charge is 0.344 e. The number of carbonyl (C=O) groups excluding carboxylic acids is 2. The summed E-state index contributed by atoms with van der Waals surface area (Å²) in [5.41, 5.74) is 0. The van der Waals surface area contributed by atoms with E-state index in [0.29, 0.717) is 10.8 Å². The monoisotopic (exact) mass is 432 g/mol. The van der Waals surface area contributed by atoms with Crippen molar-refractivity contribution in [2.45, 2.75) is 0 Å². The second kappa shape index (κ2) is 8.86. The molecule has 0 aliphatic rings. The van der Waals surface area contributed by atoms with Crippen LogP contribution in [-0.4, -0.2) is 30.1 Å². The topological polar surface area (TPSA) is 77.5 Å². The van der Waals surface area contributed by atoms with Crippen LogP contribution < -0.4 is 10.1 Å². The highest BCUT2D eigenvalue weighted by Gasteiger charge is 2.11. The number of nitrogens with one attached hydrogen (secondary N) is 1. The van der Waals surface area contributed by atoms with Crippen molar-refractivity contribution in [3.63, 3.8) is 0 Å². The highest BCUT2D eigenvalue weighted by Crippen LogP contribution is 2.22. The fraction of sp³-hybridized carbons (Fsp3) is 0.133. The van der Waals surface area contributed by atoms with E-state index in [1.54, 1.807) is 24.3 Å².